The summed E-state index contributed by atoms with van der Waals surface area (Å²) in [6, 6.07) is 5.52. The Hall–Kier alpha value is -1.77. The van der Waals surface area contributed by atoms with Crippen LogP contribution < -0.4 is 5.73 Å². The van der Waals surface area contributed by atoms with E-state index in [0.29, 0.717) is 5.56 Å². The van der Waals surface area contributed by atoms with Gasteiger partial charge in [0, 0.05) is 29.7 Å². The third-order valence-electron chi connectivity index (χ3n) is 2.47. The largest absolute Gasteiger partial charge is 0.366 e. The number of aromatic nitrogens is 1. The average molecular weight is 188 g/mol. The molecule has 0 spiro atoms. The minimum Gasteiger partial charge on any atom is -0.366 e. The lowest BCUT2D eigenvalue weighted by Gasteiger charge is -1.98. The van der Waals surface area contributed by atoms with Crippen LogP contribution in [0.2, 0.25) is 0 Å². The minimum atomic E-state index is -0.384. The van der Waals surface area contributed by atoms with Crippen LogP contribution in [-0.4, -0.2) is 10.5 Å². The molecule has 2 N–H and O–H groups in total. The van der Waals surface area contributed by atoms with Crippen LogP contribution in [0.4, 0.5) is 0 Å². The predicted octanol–water partition coefficient (Wildman–Crippen LogP) is 1.59. The van der Waals surface area contributed by atoms with Crippen LogP contribution in [0, 0.1) is 6.92 Å². The summed E-state index contributed by atoms with van der Waals surface area (Å²) in [6.45, 7) is 2.05. The monoisotopic (exact) mass is 188 g/mol. The van der Waals surface area contributed by atoms with Crippen LogP contribution in [0.3, 0.4) is 0 Å². The lowest BCUT2D eigenvalue weighted by atomic mass is 10.1. The topological polar surface area (TPSA) is 48.0 Å². The highest BCUT2D eigenvalue weighted by atomic mass is 16.1. The number of carbonyl (C=O) groups excluding carboxylic acids is 1. The van der Waals surface area contributed by atoms with E-state index in [1.54, 1.807) is 6.07 Å². The molecule has 72 valence electrons. The second-order valence-corrected chi connectivity index (χ2v) is 3.52. The van der Waals surface area contributed by atoms with Crippen LogP contribution in [-0.2, 0) is 7.05 Å². The number of nitrogens with zero attached hydrogens (tertiary/aromatic N) is 1. The zero-order chi connectivity index (χ0) is 10.3. The van der Waals surface area contributed by atoms with E-state index in [1.807, 2.05) is 36.9 Å². The molecule has 1 heterocycles. The Labute approximate surface area is 82.1 Å². The first-order chi connectivity index (χ1) is 6.59. The van der Waals surface area contributed by atoms with Gasteiger partial charge in [0.25, 0.3) is 0 Å². The highest BCUT2D eigenvalue weighted by Crippen LogP contribution is 2.20. The molecule has 2 rings (SSSR count). The quantitative estimate of drug-likeness (QED) is 0.725. The van der Waals surface area contributed by atoms with E-state index in [9.17, 15) is 4.79 Å². The normalized spacial score (nSPS) is 10.7. The average Bonchev–Trinajstić information content (AvgIpc) is 2.42. The maximum Gasteiger partial charge on any atom is 0.248 e. The third-order valence-corrected chi connectivity index (χ3v) is 2.47. The number of fused-ring (bicyclic) bond motifs is 1. The number of hydrogen-bond donors (Lipinski definition) is 1. The SMILES string of the molecule is Cc1cn(C)c2cc(C(N)=O)ccc12. The molecule has 0 aliphatic carbocycles. The predicted molar refractivity (Wildman–Crippen MR) is 56.2 cm³/mol. The second kappa shape index (κ2) is 2.87. The Morgan fingerprint density at radius 3 is 2.79 bits per heavy atom. The van der Waals surface area contributed by atoms with E-state index in [4.69, 9.17) is 5.73 Å². The zero-order valence-corrected chi connectivity index (χ0v) is 8.24. The van der Waals surface area contributed by atoms with Crippen molar-refractivity contribution in [3.05, 3.63) is 35.5 Å². The van der Waals surface area contributed by atoms with Gasteiger partial charge in [0.05, 0.1) is 0 Å². The van der Waals surface area contributed by atoms with Crippen molar-refractivity contribution in [2.75, 3.05) is 0 Å². The molecule has 14 heavy (non-hydrogen) atoms. The van der Waals surface area contributed by atoms with Gasteiger partial charge >= 0.3 is 0 Å². The Kier molecular flexibility index (Phi) is 1.81. The fourth-order valence-electron chi connectivity index (χ4n) is 1.74. The number of aryl methyl sites for hydroxylation is 2. The van der Waals surface area contributed by atoms with Gasteiger partial charge in [0.1, 0.15) is 0 Å². The second-order valence-electron chi connectivity index (χ2n) is 3.52. The molecule has 3 nitrogen and oxygen atoms in total. The van der Waals surface area contributed by atoms with E-state index >= 15 is 0 Å². The number of carbonyl (C=O) groups is 1. The minimum absolute atomic E-state index is 0.384. The molecule has 0 saturated carbocycles. The number of nitrogens with two attached hydrogens (primary N) is 1. The van der Waals surface area contributed by atoms with E-state index in [1.165, 1.54) is 5.56 Å². The molecular formula is C11H12N2O. The van der Waals surface area contributed by atoms with Crippen LogP contribution in [0.15, 0.2) is 24.4 Å². The summed E-state index contributed by atoms with van der Waals surface area (Å²) < 4.78 is 2.00. The zero-order valence-electron chi connectivity index (χ0n) is 8.24. The van der Waals surface area contributed by atoms with Crippen LogP contribution in [0.25, 0.3) is 10.9 Å². The number of primary amides is 1. The van der Waals surface area contributed by atoms with E-state index in [0.717, 1.165) is 10.9 Å². The molecule has 0 radical (unpaired) electrons. The molecule has 0 aliphatic heterocycles. The molecule has 0 fully saturated rings. The molecule has 1 aromatic carbocycles. The summed E-state index contributed by atoms with van der Waals surface area (Å²) in [5.74, 6) is -0.384. The lowest BCUT2D eigenvalue weighted by Crippen LogP contribution is -2.10. The summed E-state index contributed by atoms with van der Waals surface area (Å²) in [5, 5.41) is 1.16. The summed E-state index contributed by atoms with van der Waals surface area (Å²) in [7, 11) is 1.96. The number of rotatable bonds is 1. The molecule has 0 saturated heterocycles. The van der Waals surface area contributed by atoms with Gasteiger partial charge in [-0.25, -0.2) is 0 Å². The Morgan fingerprint density at radius 1 is 1.43 bits per heavy atom. The Morgan fingerprint density at radius 2 is 2.14 bits per heavy atom. The van der Waals surface area contributed by atoms with Crippen LogP contribution in [0.5, 0.6) is 0 Å². The first-order valence-electron chi connectivity index (χ1n) is 4.45. The maximum absolute atomic E-state index is 11.0. The highest BCUT2D eigenvalue weighted by Gasteiger charge is 2.06. The van der Waals surface area contributed by atoms with Gasteiger partial charge in [-0.3, -0.25) is 4.79 Å². The van der Waals surface area contributed by atoms with Crippen molar-refractivity contribution >= 4 is 16.8 Å². The molecule has 2 aromatic rings. The molecule has 1 amide bonds. The molecule has 0 aliphatic rings. The van der Waals surface area contributed by atoms with Crippen molar-refractivity contribution in [1.82, 2.24) is 4.57 Å². The Bertz CT molecular complexity index is 511. The van der Waals surface area contributed by atoms with E-state index < -0.39 is 0 Å². The summed E-state index contributed by atoms with van der Waals surface area (Å²) in [4.78, 5) is 11.0. The van der Waals surface area contributed by atoms with Crippen molar-refractivity contribution in [2.45, 2.75) is 6.92 Å². The highest BCUT2D eigenvalue weighted by molar-refractivity contribution is 5.97. The van der Waals surface area contributed by atoms with Crippen molar-refractivity contribution in [3.8, 4) is 0 Å². The fourth-order valence-corrected chi connectivity index (χ4v) is 1.74. The number of amides is 1. The van der Waals surface area contributed by atoms with Crippen LogP contribution >= 0.6 is 0 Å². The summed E-state index contributed by atoms with van der Waals surface area (Å²) in [5.41, 5.74) is 8.02. The van der Waals surface area contributed by atoms with Gasteiger partial charge in [-0.15, -0.1) is 0 Å². The standard InChI is InChI=1S/C11H12N2O/c1-7-6-13(2)10-5-8(11(12)14)3-4-9(7)10/h3-6H,1-2H3,(H2,12,14). The van der Waals surface area contributed by atoms with Crippen molar-refractivity contribution < 1.29 is 4.79 Å². The number of hydrogen-bond acceptors (Lipinski definition) is 1. The van der Waals surface area contributed by atoms with Gasteiger partial charge in [0.2, 0.25) is 5.91 Å². The number of benzene rings is 1. The van der Waals surface area contributed by atoms with Crippen molar-refractivity contribution in [2.24, 2.45) is 12.8 Å². The van der Waals surface area contributed by atoms with E-state index in [2.05, 4.69) is 0 Å². The van der Waals surface area contributed by atoms with E-state index in [-0.39, 0.29) is 5.91 Å². The molecule has 3 heteroatoms. The van der Waals surface area contributed by atoms with Gasteiger partial charge in [0.15, 0.2) is 0 Å². The van der Waals surface area contributed by atoms with Gasteiger partial charge in [-0.2, -0.15) is 0 Å². The Balaban J connectivity index is 2.77. The van der Waals surface area contributed by atoms with Gasteiger partial charge < -0.3 is 10.3 Å². The summed E-state index contributed by atoms with van der Waals surface area (Å²) >= 11 is 0. The molecular weight excluding hydrogens is 176 g/mol. The molecule has 1 aromatic heterocycles. The first kappa shape index (κ1) is 8.81. The van der Waals surface area contributed by atoms with Gasteiger partial charge in [-0.05, 0) is 24.6 Å². The molecule has 0 atom stereocenters. The molecule has 0 bridgehead atoms. The van der Waals surface area contributed by atoms with Gasteiger partial charge in [-0.1, -0.05) is 6.07 Å². The van der Waals surface area contributed by atoms with Crippen LogP contribution in [0.1, 0.15) is 15.9 Å². The summed E-state index contributed by atoms with van der Waals surface area (Å²) in [6.07, 6.45) is 2.04. The third kappa shape index (κ3) is 1.18. The lowest BCUT2D eigenvalue weighted by molar-refractivity contribution is 0.100. The maximum atomic E-state index is 11.0. The smallest absolute Gasteiger partial charge is 0.248 e. The fraction of sp³-hybridized carbons (Fsp3) is 0.182. The molecule has 0 unspecified atom stereocenters. The van der Waals surface area contributed by atoms with Crippen molar-refractivity contribution in [1.29, 1.82) is 0 Å². The first-order valence-corrected chi connectivity index (χ1v) is 4.45. The van der Waals surface area contributed by atoms with Crippen molar-refractivity contribution in [3.63, 3.8) is 0 Å².